The minimum atomic E-state index is -3.23. The molecule has 3 heterocycles. The number of halogens is 2. The van der Waals surface area contributed by atoms with Gasteiger partial charge in [-0.25, -0.2) is 28.6 Å². The summed E-state index contributed by atoms with van der Waals surface area (Å²) in [5.74, 6) is -0.346. The van der Waals surface area contributed by atoms with Crippen molar-refractivity contribution in [1.29, 1.82) is 0 Å². The van der Waals surface area contributed by atoms with Crippen LogP contribution >= 0.6 is 26.7 Å². The molecule has 0 saturated heterocycles. The molecule has 158 valence electrons. The van der Waals surface area contributed by atoms with Gasteiger partial charge in [0.2, 0.25) is 5.96 Å². The van der Waals surface area contributed by atoms with Crippen molar-refractivity contribution < 1.29 is 13.5 Å². The van der Waals surface area contributed by atoms with Crippen molar-refractivity contribution in [3.05, 3.63) is 52.6 Å². The Balaban J connectivity index is 1.75. The third-order valence-electron chi connectivity index (χ3n) is 4.85. The molecule has 1 aromatic carbocycles. The topological polar surface area (TPSA) is 133 Å². The number of hydrogen-bond acceptors (Lipinski definition) is 9. The van der Waals surface area contributed by atoms with Gasteiger partial charge in [0.15, 0.2) is 5.82 Å². The van der Waals surface area contributed by atoms with Gasteiger partial charge in [-0.15, -0.1) is 10.8 Å². The zero-order chi connectivity index (χ0) is 21.7. The summed E-state index contributed by atoms with van der Waals surface area (Å²) in [5.41, 5.74) is 6.50. The Morgan fingerprint density at radius 1 is 1.27 bits per heavy atom. The third-order valence-corrected chi connectivity index (χ3v) is 7.30. The Labute approximate surface area is 181 Å². The van der Waals surface area contributed by atoms with E-state index in [1.165, 1.54) is 19.4 Å². The fourth-order valence-electron chi connectivity index (χ4n) is 3.28. The van der Waals surface area contributed by atoms with E-state index in [4.69, 9.17) is 5.73 Å². The molecule has 0 saturated carbocycles. The van der Waals surface area contributed by atoms with Crippen LogP contribution in [0.4, 0.5) is 15.9 Å². The Morgan fingerprint density at radius 3 is 2.77 bits per heavy atom. The fourth-order valence-corrected chi connectivity index (χ4v) is 5.11. The molecule has 5 N–H and O–H groups in total. The third kappa shape index (κ3) is 3.67. The summed E-state index contributed by atoms with van der Waals surface area (Å²) < 4.78 is 37.4. The summed E-state index contributed by atoms with van der Waals surface area (Å²) in [6.07, 6.45) is 3.04. The lowest BCUT2D eigenvalue weighted by Gasteiger charge is -2.49. The van der Waals surface area contributed by atoms with Crippen molar-refractivity contribution in [3.63, 3.8) is 0 Å². The first kappa shape index (κ1) is 20.7. The molecule has 3 aromatic rings. The molecule has 0 aliphatic carbocycles. The van der Waals surface area contributed by atoms with Crippen LogP contribution in [0, 0.1) is 5.82 Å². The maximum absolute atomic E-state index is 14.8. The predicted octanol–water partition coefficient (Wildman–Crippen LogP) is 3.81. The second kappa shape index (κ2) is 7.30. The molecule has 1 aliphatic heterocycles. The first-order chi connectivity index (χ1) is 14.1. The number of pyridine rings is 1. The highest BCUT2D eigenvalue weighted by molar-refractivity contribution is 9.10. The number of nitrogens with two attached hydrogens (primary N) is 1. The standard InChI is InChI=1S/C18H19BrFN7O2S/c1-18(8-30(28,29)27(2)17(21)26-18)12-6-11(3-4-13(12)20)25-16-15-14(23-9-24-16)5-10(19)7-22-15/h3-7,9,28-29H,8H2,1-2H3,(H2,21,26)(H,23,24,25)/t18-/m0/s1. The molecule has 12 heteroatoms. The van der Waals surface area contributed by atoms with Crippen LogP contribution in [0.1, 0.15) is 12.5 Å². The number of aliphatic imine (C=N–C) groups is 1. The summed E-state index contributed by atoms with van der Waals surface area (Å²) in [5, 5.41) is 3.13. The van der Waals surface area contributed by atoms with Crippen LogP contribution in [0.3, 0.4) is 0 Å². The normalized spacial score (nSPS) is 21.9. The summed E-state index contributed by atoms with van der Waals surface area (Å²) in [6.45, 7) is 1.61. The van der Waals surface area contributed by atoms with Crippen molar-refractivity contribution in [1.82, 2.24) is 19.3 Å². The van der Waals surface area contributed by atoms with E-state index in [2.05, 4.69) is 41.2 Å². The lowest BCUT2D eigenvalue weighted by Crippen LogP contribution is -2.47. The number of benzene rings is 1. The zero-order valence-corrected chi connectivity index (χ0v) is 18.4. The maximum Gasteiger partial charge on any atom is 0.210 e. The van der Waals surface area contributed by atoms with Crippen molar-refractivity contribution in [2.45, 2.75) is 12.5 Å². The smallest absolute Gasteiger partial charge is 0.210 e. The lowest BCUT2D eigenvalue weighted by molar-refractivity contribution is 0.391. The first-order valence-corrected chi connectivity index (χ1v) is 11.2. The Hall–Kier alpha value is -2.54. The summed E-state index contributed by atoms with van der Waals surface area (Å²) in [6, 6.07) is 6.20. The molecule has 4 rings (SSSR count). The predicted molar refractivity (Wildman–Crippen MR) is 119 cm³/mol. The van der Waals surface area contributed by atoms with E-state index in [-0.39, 0.29) is 17.3 Å². The Bertz CT molecular complexity index is 1180. The molecule has 30 heavy (non-hydrogen) atoms. The fraction of sp³-hybridized carbons (Fsp3) is 0.222. The van der Waals surface area contributed by atoms with E-state index >= 15 is 0 Å². The Morgan fingerprint density at radius 2 is 2.03 bits per heavy atom. The quantitative estimate of drug-likeness (QED) is 0.430. The highest BCUT2D eigenvalue weighted by Crippen LogP contribution is 2.51. The molecular weight excluding hydrogens is 477 g/mol. The van der Waals surface area contributed by atoms with Gasteiger partial charge in [0.1, 0.15) is 23.2 Å². The number of nitrogens with zero attached hydrogens (tertiary/aromatic N) is 5. The SMILES string of the molecule is CN1C(N)=N[C@](C)(c2cc(Nc3ncnc4cc(Br)cnc34)ccc2F)CS1(O)O. The molecule has 0 unspecified atom stereocenters. The van der Waals surface area contributed by atoms with E-state index in [1.54, 1.807) is 25.3 Å². The molecular formula is C18H19BrFN7O2S. The van der Waals surface area contributed by atoms with E-state index in [0.717, 1.165) is 8.78 Å². The number of aromatic nitrogens is 3. The molecule has 1 atom stereocenters. The van der Waals surface area contributed by atoms with Gasteiger partial charge in [0, 0.05) is 29.0 Å². The van der Waals surface area contributed by atoms with Gasteiger partial charge in [-0.3, -0.25) is 9.11 Å². The number of fused-ring (bicyclic) bond motifs is 1. The second-order valence-electron chi connectivity index (χ2n) is 7.08. The molecule has 0 fully saturated rings. The Kier molecular flexibility index (Phi) is 5.04. The van der Waals surface area contributed by atoms with Crippen LogP contribution in [0.5, 0.6) is 0 Å². The summed E-state index contributed by atoms with van der Waals surface area (Å²) in [4.78, 5) is 17.1. The average Bonchev–Trinajstić information content (AvgIpc) is 2.67. The van der Waals surface area contributed by atoms with Crippen LogP contribution in [-0.2, 0) is 5.54 Å². The number of anilines is 2. The van der Waals surface area contributed by atoms with Gasteiger partial charge in [-0.2, -0.15) is 0 Å². The lowest BCUT2D eigenvalue weighted by atomic mass is 9.93. The maximum atomic E-state index is 14.8. The largest absolute Gasteiger partial charge is 0.369 e. The van der Waals surface area contributed by atoms with Crippen molar-refractivity contribution in [3.8, 4) is 0 Å². The van der Waals surface area contributed by atoms with Crippen molar-refractivity contribution in [2.75, 3.05) is 18.1 Å². The summed E-state index contributed by atoms with van der Waals surface area (Å²) >= 11 is 3.36. The molecule has 9 nitrogen and oxygen atoms in total. The van der Waals surface area contributed by atoms with Crippen LogP contribution in [0.2, 0.25) is 0 Å². The second-order valence-corrected chi connectivity index (χ2v) is 10.1. The van der Waals surface area contributed by atoms with Crippen LogP contribution in [-0.4, -0.2) is 47.1 Å². The minimum absolute atomic E-state index is 0.0712. The molecule has 1 aliphatic rings. The monoisotopic (exact) mass is 495 g/mol. The molecule has 0 bridgehead atoms. The average molecular weight is 496 g/mol. The van der Waals surface area contributed by atoms with E-state index < -0.39 is 22.1 Å². The minimum Gasteiger partial charge on any atom is -0.369 e. The number of hydrogen-bond donors (Lipinski definition) is 4. The van der Waals surface area contributed by atoms with Gasteiger partial charge in [-0.05, 0) is 47.1 Å². The van der Waals surface area contributed by atoms with Crippen molar-refractivity contribution in [2.24, 2.45) is 10.7 Å². The van der Waals surface area contributed by atoms with Gasteiger partial charge in [0.05, 0.1) is 11.3 Å². The van der Waals surface area contributed by atoms with Gasteiger partial charge in [0.25, 0.3) is 0 Å². The number of nitrogens with one attached hydrogen (secondary N) is 1. The number of guanidine groups is 1. The van der Waals surface area contributed by atoms with Crippen molar-refractivity contribution >= 4 is 55.2 Å². The molecule has 0 radical (unpaired) electrons. The molecule has 0 spiro atoms. The first-order valence-electron chi connectivity index (χ1n) is 8.77. The van der Waals surface area contributed by atoms with E-state index in [9.17, 15) is 13.5 Å². The highest BCUT2D eigenvalue weighted by atomic mass is 79.9. The van der Waals surface area contributed by atoms with Crippen LogP contribution in [0.15, 0.2) is 46.3 Å². The molecule has 2 aromatic heterocycles. The van der Waals surface area contributed by atoms with E-state index in [0.29, 0.717) is 22.5 Å². The highest BCUT2D eigenvalue weighted by Gasteiger charge is 2.41. The van der Waals surface area contributed by atoms with E-state index in [1.807, 2.05) is 6.07 Å². The number of rotatable bonds is 3. The van der Waals surface area contributed by atoms with Gasteiger partial charge >= 0.3 is 0 Å². The van der Waals surface area contributed by atoms with Crippen LogP contribution in [0.25, 0.3) is 11.0 Å². The van der Waals surface area contributed by atoms with Gasteiger partial charge in [-0.1, -0.05) is 0 Å². The zero-order valence-electron chi connectivity index (χ0n) is 16.0. The molecule has 0 amide bonds. The van der Waals surface area contributed by atoms with Crippen LogP contribution < -0.4 is 11.1 Å². The summed E-state index contributed by atoms with van der Waals surface area (Å²) in [7, 11) is -1.79. The van der Waals surface area contributed by atoms with Gasteiger partial charge < -0.3 is 11.1 Å².